The molecule has 0 saturated heterocycles. The molecule has 0 fully saturated rings. The number of aromatic amines is 1. The number of benzene rings is 2. The minimum atomic E-state index is -0.216. The number of nitrogens with one attached hydrogen (secondary N) is 1. The summed E-state index contributed by atoms with van der Waals surface area (Å²) in [4.78, 5) is 16.9. The Morgan fingerprint density at radius 2 is 2.00 bits per heavy atom. The molecule has 1 N–H and O–H groups in total. The van der Waals surface area contributed by atoms with E-state index in [0.717, 1.165) is 27.6 Å². The molecule has 31 heavy (non-hydrogen) atoms. The maximum Gasteiger partial charge on any atom is 0.344 e. The van der Waals surface area contributed by atoms with Gasteiger partial charge < -0.3 is 9.47 Å². The summed E-state index contributed by atoms with van der Waals surface area (Å²) in [5.41, 5.74) is 2.74. The summed E-state index contributed by atoms with van der Waals surface area (Å²) in [5, 5.41) is 10.3. The van der Waals surface area contributed by atoms with Crippen molar-refractivity contribution in [3.05, 3.63) is 75.7 Å². The Hall–Kier alpha value is -3.04. The maximum absolute atomic E-state index is 12.2. The lowest BCUT2D eigenvalue weighted by Crippen LogP contribution is -2.18. The van der Waals surface area contributed by atoms with Crippen LogP contribution in [-0.2, 0) is 12.3 Å². The molecule has 7 nitrogen and oxygen atoms in total. The third-order valence-electron chi connectivity index (χ3n) is 4.52. The Morgan fingerprint density at radius 1 is 1.16 bits per heavy atom. The van der Waals surface area contributed by atoms with E-state index >= 15 is 0 Å². The lowest BCUT2D eigenvalue weighted by Gasteiger charge is -2.09. The fourth-order valence-corrected chi connectivity index (χ4v) is 4.80. The third kappa shape index (κ3) is 5.00. The summed E-state index contributed by atoms with van der Waals surface area (Å²) in [6.07, 6.45) is 0. The minimum absolute atomic E-state index is 0.216. The molecule has 4 rings (SSSR count). The van der Waals surface area contributed by atoms with Crippen LogP contribution in [0.25, 0.3) is 10.6 Å². The van der Waals surface area contributed by atoms with Crippen molar-refractivity contribution < 1.29 is 9.47 Å². The number of hydrogen-bond donors (Lipinski definition) is 1. The summed E-state index contributed by atoms with van der Waals surface area (Å²) in [5.74, 6) is 2.02. The highest BCUT2D eigenvalue weighted by atomic mass is 32.2. The van der Waals surface area contributed by atoms with Crippen molar-refractivity contribution in [3.8, 4) is 22.1 Å². The van der Waals surface area contributed by atoms with E-state index in [0.29, 0.717) is 29.8 Å². The van der Waals surface area contributed by atoms with Crippen molar-refractivity contribution >= 4 is 23.1 Å². The molecule has 4 aromatic rings. The standard InChI is InChI=1S/C22H22N4O3S2/c1-3-29-18-10-9-16(11-19(18)28-2)20-23-17(13-30-20)14-31-22-25-24-21(27)26(22)12-15-7-5-4-6-8-15/h4-11,13H,3,12,14H2,1-2H3,(H,24,27). The largest absolute Gasteiger partial charge is 0.493 e. The van der Waals surface area contributed by atoms with E-state index in [1.54, 1.807) is 23.0 Å². The number of hydrogen-bond acceptors (Lipinski definition) is 7. The molecule has 0 unspecified atom stereocenters. The smallest absolute Gasteiger partial charge is 0.344 e. The molecule has 0 aliphatic rings. The Bertz CT molecular complexity index is 1200. The van der Waals surface area contributed by atoms with E-state index in [1.807, 2.05) is 60.8 Å². The normalized spacial score (nSPS) is 10.9. The van der Waals surface area contributed by atoms with Crippen LogP contribution >= 0.6 is 23.1 Å². The molecule has 0 spiro atoms. The zero-order chi connectivity index (χ0) is 21.6. The van der Waals surface area contributed by atoms with Gasteiger partial charge in [0.1, 0.15) is 5.01 Å². The topological polar surface area (TPSA) is 82.0 Å². The van der Waals surface area contributed by atoms with E-state index in [1.165, 1.54) is 11.8 Å². The summed E-state index contributed by atoms with van der Waals surface area (Å²) >= 11 is 3.06. The number of aromatic nitrogens is 4. The quantitative estimate of drug-likeness (QED) is 0.377. The second-order valence-electron chi connectivity index (χ2n) is 6.61. The van der Waals surface area contributed by atoms with Crippen molar-refractivity contribution in [1.82, 2.24) is 19.7 Å². The zero-order valence-corrected chi connectivity index (χ0v) is 18.8. The fourth-order valence-electron chi connectivity index (χ4n) is 3.04. The average Bonchev–Trinajstić information content (AvgIpc) is 3.41. The Kier molecular flexibility index (Phi) is 6.73. The number of nitrogens with zero attached hydrogens (tertiary/aromatic N) is 3. The van der Waals surface area contributed by atoms with Gasteiger partial charge in [-0.2, -0.15) is 0 Å². The number of thiazole rings is 1. The van der Waals surface area contributed by atoms with Crippen molar-refractivity contribution in [2.45, 2.75) is 24.4 Å². The van der Waals surface area contributed by atoms with Gasteiger partial charge in [0.05, 0.1) is 26.0 Å². The van der Waals surface area contributed by atoms with Crippen LogP contribution in [0.15, 0.2) is 63.9 Å². The molecule has 0 atom stereocenters. The van der Waals surface area contributed by atoms with Gasteiger partial charge >= 0.3 is 5.69 Å². The van der Waals surface area contributed by atoms with Crippen molar-refractivity contribution in [1.29, 1.82) is 0 Å². The lowest BCUT2D eigenvalue weighted by molar-refractivity contribution is 0.311. The molecule has 9 heteroatoms. The SMILES string of the molecule is CCOc1ccc(-c2nc(CSc3n[nH]c(=O)n3Cc3ccccc3)cs2)cc1OC. The first-order valence-corrected chi connectivity index (χ1v) is 11.6. The molecular weight excluding hydrogens is 432 g/mol. The van der Waals surface area contributed by atoms with Gasteiger partial charge in [-0.3, -0.25) is 4.57 Å². The van der Waals surface area contributed by atoms with Crippen LogP contribution in [0.1, 0.15) is 18.2 Å². The second kappa shape index (κ2) is 9.84. The van der Waals surface area contributed by atoms with Crippen LogP contribution in [0.5, 0.6) is 11.5 Å². The molecule has 0 radical (unpaired) electrons. The molecule has 0 bridgehead atoms. The summed E-state index contributed by atoms with van der Waals surface area (Å²) in [6.45, 7) is 3.00. The van der Waals surface area contributed by atoms with Gasteiger partial charge in [-0.15, -0.1) is 16.4 Å². The zero-order valence-electron chi connectivity index (χ0n) is 17.2. The highest BCUT2D eigenvalue weighted by Gasteiger charge is 2.13. The van der Waals surface area contributed by atoms with Gasteiger partial charge in [-0.25, -0.2) is 14.9 Å². The van der Waals surface area contributed by atoms with Gasteiger partial charge in [-0.05, 0) is 30.7 Å². The van der Waals surface area contributed by atoms with Crippen LogP contribution in [0.3, 0.4) is 0 Å². The molecule has 0 aliphatic heterocycles. The Balaban J connectivity index is 1.47. The van der Waals surface area contributed by atoms with Gasteiger partial charge in [0, 0.05) is 16.7 Å². The van der Waals surface area contributed by atoms with Gasteiger partial charge in [0.15, 0.2) is 16.7 Å². The van der Waals surface area contributed by atoms with E-state index < -0.39 is 0 Å². The maximum atomic E-state index is 12.2. The van der Waals surface area contributed by atoms with Crippen molar-refractivity contribution in [2.24, 2.45) is 0 Å². The molecular formula is C22H22N4O3S2. The number of thioether (sulfide) groups is 1. The first-order chi connectivity index (χ1) is 15.2. The molecule has 2 aromatic heterocycles. The summed E-state index contributed by atoms with van der Waals surface area (Å²) in [6, 6.07) is 15.7. The van der Waals surface area contributed by atoms with Crippen molar-refractivity contribution in [2.75, 3.05) is 13.7 Å². The number of H-pyrrole nitrogens is 1. The minimum Gasteiger partial charge on any atom is -0.493 e. The monoisotopic (exact) mass is 454 g/mol. The predicted octanol–water partition coefficient (Wildman–Crippen LogP) is 4.44. The van der Waals surface area contributed by atoms with Crippen LogP contribution in [0.2, 0.25) is 0 Å². The summed E-state index contributed by atoms with van der Waals surface area (Å²) < 4.78 is 12.7. The lowest BCUT2D eigenvalue weighted by atomic mass is 10.2. The average molecular weight is 455 g/mol. The number of ether oxygens (including phenoxy) is 2. The van der Waals surface area contributed by atoms with Crippen LogP contribution in [0, 0.1) is 0 Å². The van der Waals surface area contributed by atoms with E-state index in [4.69, 9.17) is 14.5 Å². The number of methoxy groups -OCH3 is 1. The Labute approximate surface area is 188 Å². The highest BCUT2D eigenvalue weighted by molar-refractivity contribution is 7.98. The fraction of sp³-hybridized carbons (Fsp3) is 0.227. The van der Waals surface area contributed by atoms with E-state index in [2.05, 4.69) is 10.2 Å². The van der Waals surface area contributed by atoms with Crippen molar-refractivity contribution in [3.63, 3.8) is 0 Å². The van der Waals surface area contributed by atoms with E-state index in [9.17, 15) is 4.79 Å². The van der Waals surface area contributed by atoms with Crippen LogP contribution < -0.4 is 15.2 Å². The van der Waals surface area contributed by atoms with Crippen LogP contribution in [-0.4, -0.2) is 33.5 Å². The summed E-state index contributed by atoms with van der Waals surface area (Å²) in [7, 11) is 1.63. The molecule has 160 valence electrons. The van der Waals surface area contributed by atoms with E-state index in [-0.39, 0.29) is 5.69 Å². The van der Waals surface area contributed by atoms with Gasteiger partial charge in [0.25, 0.3) is 0 Å². The van der Waals surface area contributed by atoms with Gasteiger partial charge in [0.2, 0.25) is 0 Å². The van der Waals surface area contributed by atoms with Crippen LogP contribution in [0.4, 0.5) is 0 Å². The third-order valence-corrected chi connectivity index (χ3v) is 6.47. The second-order valence-corrected chi connectivity index (χ2v) is 8.42. The molecule has 2 aromatic carbocycles. The molecule has 0 amide bonds. The molecule has 2 heterocycles. The molecule has 0 aliphatic carbocycles. The predicted molar refractivity (Wildman–Crippen MR) is 123 cm³/mol. The van der Waals surface area contributed by atoms with Gasteiger partial charge in [-0.1, -0.05) is 42.1 Å². The highest BCUT2D eigenvalue weighted by Crippen LogP contribution is 2.34. The Morgan fingerprint density at radius 3 is 2.77 bits per heavy atom. The first kappa shape index (κ1) is 21.2. The number of rotatable bonds is 9. The first-order valence-electron chi connectivity index (χ1n) is 9.75. The molecule has 0 saturated carbocycles.